The van der Waals surface area contributed by atoms with E-state index in [4.69, 9.17) is 5.73 Å². The zero-order valence-corrected chi connectivity index (χ0v) is 6.99. The lowest BCUT2D eigenvalue weighted by Gasteiger charge is -2.02. The van der Waals surface area contributed by atoms with Crippen molar-refractivity contribution in [3.05, 3.63) is 24.7 Å². The van der Waals surface area contributed by atoms with Gasteiger partial charge in [0, 0.05) is 24.3 Å². The summed E-state index contributed by atoms with van der Waals surface area (Å²) in [5.41, 5.74) is 7.63. The van der Waals surface area contributed by atoms with Crippen LogP contribution >= 0.6 is 0 Å². The maximum atomic E-state index is 5.79. The van der Waals surface area contributed by atoms with Crippen LogP contribution in [0.3, 0.4) is 0 Å². The molecule has 0 amide bonds. The van der Waals surface area contributed by atoms with Gasteiger partial charge in [-0.25, -0.2) is 0 Å². The zero-order chi connectivity index (χ0) is 8.55. The Balaban J connectivity index is 2.83. The Labute approximate surface area is 70.8 Å². The molecule has 0 aliphatic rings. The van der Waals surface area contributed by atoms with Gasteiger partial charge in [0.25, 0.3) is 0 Å². The Kier molecular flexibility index (Phi) is 1.50. The average Bonchev–Trinajstić information content (AvgIpc) is 2.49. The fourth-order valence-corrected chi connectivity index (χ4v) is 1.45. The monoisotopic (exact) mass is 161 g/mol. The van der Waals surface area contributed by atoms with Gasteiger partial charge >= 0.3 is 0 Å². The van der Waals surface area contributed by atoms with Crippen molar-refractivity contribution in [3.63, 3.8) is 0 Å². The van der Waals surface area contributed by atoms with Gasteiger partial charge in [0.15, 0.2) is 0 Å². The Morgan fingerprint density at radius 2 is 2.33 bits per heavy atom. The van der Waals surface area contributed by atoms with E-state index in [2.05, 4.69) is 16.5 Å². The second kappa shape index (κ2) is 2.52. The molecule has 0 atom stereocenters. The molecular weight excluding hydrogens is 150 g/mol. The van der Waals surface area contributed by atoms with Crippen molar-refractivity contribution in [1.29, 1.82) is 0 Å². The molecule has 62 valence electrons. The first kappa shape index (κ1) is 7.16. The van der Waals surface area contributed by atoms with Crippen LogP contribution in [-0.4, -0.2) is 9.55 Å². The number of nitrogen functional groups attached to an aromatic ring is 1. The molecular formula is C9H11N3. The standard InChI is InChI=1S/C9H11N3/c1-2-12-4-3-7-5-11-6-8(10)9(7)12/h3-6H,2,10H2,1H3. The molecule has 0 aromatic carbocycles. The molecule has 0 aliphatic carbocycles. The van der Waals surface area contributed by atoms with Crippen molar-refractivity contribution in [1.82, 2.24) is 9.55 Å². The first-order chi connectivity index (χ1) is 5.83. The lowest BCUT2D eigenvalue weighted by molar-refractivity contribution is 0.798. The van der Waals surface area contributed by atoms with Gasteiger partial charge in [-0.2, -0.15) is 0 Å². The fourth-order valence-electron chi connectivity index (χ4n) is 1.45. The van der Waals surface area contributed by atoms with Crippen LogP contribution in [-0.2, 0) is 6.54 Å². The summed E-state index contributed by atoms with van der Waals surface area (Å²) in [5.74, 6) is 0. The molecule has 0 saturated heterocycles. The Morgan fingerprint density at radius 1 is 1.50 bits per heavy atom. The Bertz CT molecular complexity index is 403. The third-order valence-electron chi connectivity index (χ3n) is 2.04. The van der Waals surface area contributed by atoms with Crippen molar-refractivity contribution in [2.75, 3.05) is 5.73 Å². The summed E-state index contributed by atoms with van der Waals surface area (Å²) in [4.78, 5) is 4.02. The second-order valence-electron chi connectivity index (χ2n) is 2.77. The van der Waals surface area contributed by atoms with Crippen LogP contribution in [0.25, 0.3) is 10.9 Å². The molecule has 2 heterocycles. The van der Waals surface area contributed by atoms with Crippen LogP contribution in [0.5, 0.6) is 0 Å². The van der Waals surface area contributed by atoms with Crippen LogP contribution in [0.4, 0.5) is 5.69 Å². The molecule has 12 heavy (non-hydrogen) atoms. The fraction of sp³-hybridized carbons (Fsp3) is 0.222. The van der Waals surface area contributed by atoms with Crippen molar-refractivity contribution in [3.8, 4) is 0 Å². The molecule has 0 spiro atoms. The van der Waals surface area contributed by atoms with Crippen molar-refractivity contribution in [2.24, 2.45) is 0 Å². The number of nitrogens with two attached hydrogens (primary N) is 1. The van der Waals surface area contributed by atoms with E-state index in [0.717, 1.165) is 23.1 Å². The molecule has 0 fully saturated rings. The van der Waals surface area contributed by atoms with Gasteiger partial charge in [-0.15, -0.1) is 0 Å². The summed E-state index contributed by atoms with van der Waals surface area (Å²) in [7, 11) is 0. The lowest BCUT2D eigenvalue weighted by Crippen LogP contribution is -1.95. The predicted octanol–water partition coefficient (Wildman–Crippen LogP) is 1.64. The highest BCUT2D eigenvalue weighted by molar-refractivity contribution is 5.89. The van der Waals surface area contributed by atoms with Gasteiger partial charge in [0.05, 0.1) is 17.4 Å². The number of hydrogen-bond donors (Lipinski definition) is 1. The lowest BCUT2D eigenvalue weighted by atomic mass is 10.3. The molecule has 3 heteroatoms. The van der Waals surface area contributed by atoms with E-state index in [1.165, 1.54) is 0 Å². The minimum atomic E-state index is 0.749. The summed E-state index contributed by atoms with van der Waals surface area (Å²) < 4.78 is 2.12. The summed E-state index contributed by atoms with van der Waals surface area (Å²) >= 11 is 0. The molecule has 2 N–H and O–H groups in total. The van der Waals surface area contributed by atoms with Gasteiger partial charge in [-0.3, -0.25) is 4.98 Å². The third kappa shape index (κ3) is 0.863. The predicted molar refractivity (Wildman–Crippen MR) is 49.8 cm³/mol. The van der Waals surface area contributed by atoms with Gasteiger partial charge in [0.2, 0.25) is 0 Å². The minimum Gasteiger partial charge on any atom is -0.396 e. The van der Waals surface area contributed by atoms with Crippen LogP contribution in [0.2, 0.25) is 0 Å². The molecule has 3 nitrogen and oxygen atoms in total. The average molecular weight is 161 g/mol. The maximum absolute atomic E-state index is 5.79. The van der Waals surface area contributed by atoms with Crippen LogP contribution in [0.1, 0.15) is 6.92 Å². The van der Waals surface area contributed by atoms with Crippen LogP contribution in [0, 0.1) is 0 Å². The van der Waals surface area contributed by atoms with Crippen molar-refractivity contribution in [2.45, 2.75) is 13.5 Å². The first-order valence-corrected chi connectivity index (χ1v) is 4.01. The number of rotatable bonds is 1. The van der Waals surface area contributed by atoms with Gasteiger partial charge in [0.1, 0.15) is 0 Å². The molecule has 0 radical (unpaired) electrons. The molecule has 2 aromatic rings. The zero-order valence-electron chi connectivity index (χ0n) is 6.99. The van der Waals surface area contributed by atoms with E-state index in [-0.39, 0.29) is 0 Å². The van der Waals surface area contributed by atoms with E-state index in [1.807, 2.05) is 18.5 Å². The molecule has 2 aromatic heterocycles. The minimum absolute atomic E-state index is 0.749. The first-order valence-electron chi connectivity index (χ1n) is 4.01. The largest absolute Gasteiger partial charge is 0.396 e. The number of aromatic nitrogens is 2. The maximum Gasteiger partial charge on any atom is 0.0747 e. The SMILES string of the molecule is CCn1ccc2cncc(N)c21. The van der Waals surface area contributed by atoms with E-state index in [1.54, 1.807) is 6.20 Å². The number of hydrogen-bond acceptors (Lipinski definition) is 2. The van der Waals surface area contributed by atoms with Gasteiger partial charge in [-0.05, 0) is 13.0 Å². The summed E-state index contributed by atoms with van der Waals surface area (Å²) in [6, 6.07) is 2.03. The topological polar surface area (TPSA) is 43.8 Å². The van der Waals surface area contributed by atoms with E-state index < -0.39 is 0 Å². The highest BCUT2D eigenvalue weighted by atomic mass is 15.0. The van der Waals surface area contributed by atoms with E-state index in [9.17, 15) is 0 Å². The second-order valence-corrected chi connectivity index (χ2v) is 2.77. The highest BCUT2D eigenvalue weighted by Crippen LogP contribution is 2.20. The molecule has 0 saturated carbocycles. The van der Waals surface area contributed by atoms with Crippen molar-refractivity contribution >= 4 is 16.6 Å². The number of anilines is 1. The summed E-state index contributed by atoms with van der Waals surface area (Å²) in [6.45, 7) is 3.04. The number of nitrogens with zero attached hydrogens (tertiary/aromatic N) is 2. The van der Waals surface area contributed by atoms with E-state index in [0.29, 0.717) is 0 Å². The van der Waals surface area contributed by atoms with Gasteiger partial charge < -0.3 is 10.3 Å². The number of pyridine rings is 1. The Morgan fingerprint density at radius 3 is 3.08 bits per heavy atom. The molecule has 0 unspecified atom stereocenters. The van der Waals surface area contributed by atoms with Crippen LogP contribution in [0.15, 0.2) is 24.7 Å². The quantitative estimate of drug-likeness (QED) is 0.691. The van der Waals surface area contributed by atoms with E-state index >= 15 is 0 Å². The molecule has 2 rings (SSSR count). The summed E-state index contributed by atoms with van der Waals surface area (Å²) in [5, 5.41) is 1.11. The number of fused-ring (bicyclic) bond motifs is 1. The Hall–Kier alpha value is -1.51. The normalized spacial score (nSPS) is 10.8. The number of aryl methyl sites for hydroxylation is 1. The van der Waals surface area contributed by atoms with Gasteiger partial charge in [-0.1, -0.05) is 0 Å². The third-order valence-corrected chi connectivity index (χ3v) is 2.04. The van der Waals surface area contributed by atoms with Crippen LogP contribution < -0.4 is 5.73 Å². The molecule has 0 aliphatic heterocycles. The highest BCUT2D eigenvalue weighted by Gasteiger charge is 2.01. The summed E-state index contributed by atoms with van der Waals surface area (Å²) in [6.07, 6.45) is 5.55. The van der Waals surface area contributed by atoms with Crippen molar-refractivity contribution < 1.29 is 0 Å². The molecule has 0 bridgehead atoms. The smallest absolute Gasteiger partial charge is 0.0747 e.